The lowest BCUT2D eigenvalue weighted by molar-refractivity contribution is -0.121. The van der Waals surface area contributed by atoms with Gasteiger partial charge >= 0.3 is 0 Å². The van der Waals surface area contributed by atoms with Crippen molar-refractivity contribution in [1.29, 1.82) is 0 Å². The fourth-order valence-electron chi connectivity index (χ4n) is 3.98. The van der Waals surface area contributed by atoms with Crippen molar-refractivity contribution in [2.45, 2.75) is 32.7 Å². The van der Waals surface area contributed by atoms with Crippen LogP contribution in [0.3, 0.4) is 0 Å². The maximum Gasteiger partial charge on any atom is 0.266 e. The molecule has 1 saturated heterocycles. The van der Waals surface area contributed by atoms with E-state index in [1.54, 1.807) is 26.1 Å². The molecule has 0 spiro atoms. The number of amides is 1. The van der Waals surface area contributed by atoms with Crippen molar-refractivity contribution >= 4 is 28.4 Å². The zero-order valence-corrected chi connectivity index (χ0v) is 17.6. The van der Waals surface area contributed by atoms with Crippen molar-refractivity contribution in [1.82, 2.24) is 15.0 Å². The summed E-state index contributed by atoms with van der Waals surface area (Å²) in [5, 5.41) is 3.79. The van der Waals surface area contributed by atoms with Crippen molar-refractivity contribution in [2.24, 2.45) is 11.7 Å². The highest BCUT2D eigenvalue weighted by molar-refractivity contribution is 5.90. The summed E-state index contributed by atoms with van der Waals surface area (Å²) in [7, 11) is 0. The topological polar surface area (TPSA) is 97.0 Å². The van der Waals surface area contributed by atoms with Crippen LogP contribution in [-0.4, -0.2) is 33.9 Å². The maximum atomic E-state index is 14.6. The standard InChI is InChI=1S/C22H23F3N6O/c1-11(14-4-3-5-15(19(14)23)20(24)25)28-22-16-8-18(27-9-17(16)29-12(2)30-22)31-7-6-13(10-31)21(26)32/h3-5,8-9,11,13,20H,6-7,10H2,1-2H3,(H2,26,32)(H,28,29,30)/t11?,13-/m0/s1. The van der Waals surface area contributed by atoms with Gasteiger partial charge in [-0.2, -0.15) is 0 Å². The van der Waals surface area contributed by atoms with Gasteiger partial charge in [0, 0.05) is 24.0 Å². The number of carbonyl (C=O) groups excluding carboxylic acids is 1. The number of nitrogens with zero attached hydrogens (tertiary/aromatic N) is 4. The van der Waals surface area contributed by atoms with Crippen LogP contribution in [0, 0.1) is 18.7 Å². The minimum absolute atomic E-state index is 0.116. The van der Waals surface area contributed by atoms with E-state index in [4.69, 9.17) is 5.73 Å². The number of aryl methyl sites for hydroxylation is 1. The number of alkyl halides is 2. The van der Waals surface area contributed by atoms with Crippen molar-refractivity contribution in [3.63, 3.8) is 0 Å². The normalized spacial score (nSPS) is 17.2. The summed E-state index contributed by atoms with van der Waals surface area (Å²) in [6, 6.07) is 5.13. The van der Waals surface area contributed by atoms with Gasteiger partial charge in [-0.3, -0.25) is 4.79 Å². The lowest BCUT2D eigenvalue weighted by atomic mass is 10.0. The third kappa shape index (κ3) is 4.17. The Labute approximate surface area is 182 Å². The molecule has 1 fully saturated rings. The minimum atomic E-state index is -2.90. The highest BCUT2D eigenvalue weighted by Gasteiger charge is 2.28. The van der Waals surface area contributed by atoms with Gasteiger partial charge in [-0.05, 0) is 26.3 Å². The highest BCUT2D eigenvalue weighted by Crippen LogP contribution is 2.32. The molecule has 4 rings (SSSR count). The maximum absolute atomic E-state index is 14.6. The molecule has 1 aromatic carbocycles. The van der Waals surface area contributed by atoms with Gasteiger partial charge in [0.15, 0.2) is 0 Å². The van der Waals surface area contributed by atoms with Gasteiger partial charge < -0.3 is 16.0 Å². The largest absolute Gasteiger partial charge is 0.369 e. The number of anilines is 2. The first-order valence-corrected chi connectivity index (χ1v) is 10.3. The van der Waals surface area contributed by atoms with Crippen LogP contribution in [0.25, 0.3) is 10.9 Å². The molecule has 10 heteroatoms. The number of nitrogens with two attached hydrogens (primary N) is 1. The van der Waals surface area contributed by atoms with E-state index in [0.717, 1.165) is 6.07 Å². The molecule has 0 radical (unpaired) electrons. The minimum Gasteiger partial charge on any atom is -0.369 e. The molecule has 0 saturated carbocycles. The Morgan fingerprint density at radius 2 is 2.03 bits per heavy atom. The quantitative estimate of drug-likeness (QED) is 0.599. The van der Waals surface area contributed by atoms with Crippen LogP contribution in [-0.2, 0) is 4.79 Å². The van der Waals surface area contributed by atoms with Crippen molar-refractivity contribution in [2.75, 3.05) is 23.3 Å². The van der Waals surface area contributed by atoms with Crippen molar-refractivity contribution in [3.05, 3.63) is 53.2 Å². The number of aromatic nitrogens is 3. The first-order chi connectivity index (χ1) is 15.2. The number of halogens is 3. The lowest BCUT2D eigenvalue weighted by Gasteiger charge is -2.20. The van der Waals surface area contributed by atoms with Crippen LogP contribution >= 0.6 is 0 Å². The Kier molecular flexibility index (Phi) is 5.86. The Hall–Kier alpha value is -3.43. The second-order valence-electron chi connectivity index (χ2n) is 7.93. The molecule has 1 aliphatic rings. The molecule has 7 nitrogen and oxygen atoms in total. The van der Waals surface area contributed by atoms with Crippen LogP contribution in [0.1, 0.15) is 42.8 Å². The molecule has 0 bridgehead atoms. The number of primary amides is 1. The van der Waals surface area contributed by atoms with Crippen molar-refractivity contribution in [3.8, 4) is 0 Å². The Balaban J connectivity index is 1.68. The van der Waals surface area contributed by atoms with E-state index < -0.39 is 23.8 Å². The van der Waals surface area contributed by atoms with E-state index in [0.29, 0.717) is 47.9 Å². The molecular weight excluding hydrogens is 421 g/mol. The lowest BCUT2D eigenvalue weighted by Crippen LogP contribution is -2.27. The molecule has 3 N–H and O–H groups in total. The number of fused-ring (bicyclic) bond motifs is 1. The third-order valence-electron chi connectivity index (χ3n) is 5.71. The predicted octanol–water partition coefficient (Wildman–Crippen LogP) is 3.89. The Morgan fingerprint density at radius 3 is 2.72 bits per heavy atom. The van der Waals surface area contributed by atoms with Gasteiger partial charge in [-0.15, -0.1) is 0 Å². The fourth-order valence-corrected chi connectivity index (χ4v) is 3.98. The van der Waals surface area contributed by atoms with E-state index in [2.05, 4.69) is 20.3 Å². The average molecular weight is 444 g/mol. The predicted molar refractivity (Wildman–Crippen MR) is 115 cm³/mol. The molecule has 32 heavy (non-hydrogen) atoms. The SMILES string of the molecule is Cc1nc(NC(C)c2cccc(C(F)F)c2F)c2cc(N3CC[C@H](C(N)=O)C3)ncc2n1. The summed E-state index contributed by atoms with van der Waals surface area (Å²) in [5.74, 6) is 0.0698. The van der Waals surface area contributed by atoms with Gasteiger partial charge in [-0.1, -0.05) is 18.2 Å². The second-order valence-corrected chi connectivity index (χ2v) is 7.93. The van der Waals surface area contributed by atoms with Crippen LogP contribution in [0.5, 0.6) is 0 Å². The summed E-state index contributed by atoms with van der Waals surface area (Å²) >= 11 is 0. The molecule has 2 atom stereocenters. The number of nitrogens with one attached hydrogen (secondary N) is 1. The van der Waals surface area contributed by atoms with E-state index in [1.807, 2.05) is 4.90 Å². The van der Waals surface area contributed by atoms with Gasteiger partial charge in [0.25, 0.3) is 6.43 Å². The molecule has 0 aliphatic carbocycles. The van der Waals surface area contributed by atoms with Gasteiger partial charge in [-0.25, -0.2) is 28.1 Å². The smallest absolute Gasteiger partial charge is 0.266 e. The first-order valence-electron chi connectivity index (χ1n) is 10.3. The van der Waals surface area contributed by atoms with Crippen LogP contribution in [0.15, 0.2) is 30.5 Å². The van der Waals surface area contributed by atoms with Crippen LogP contribution in [0.4, 0.5) is 24.8 Å². The average Bonchev–Trinajstić information content (AvgIpc) is 3.24. The van der Waals surface area contributed by atoms with Gasteiger partial charge in [0.2, 0.25) is 5.91 Å². The van der Waals surface area contributed by atoms with Crippen LogP contribution < -0.4 is 16.0 Å². The molecular formula is C22H23F3N6O. The zero-order chi connectivity index (χ0) is 23.0. The fraction of sp³-hybridized carbons (Fsp3) is 0.364. The number of pyridine rings is 1. The van der Waals surface area contributed by atoms with Gasteiger partial charge in [0.1, 0.15) is 23.3 Å². The van der Waals surface area contributed by atoms with E-state index in [9.17, 15) is 18.0 Å². The molecule has 3 aromatic rings. The third-order valence-corrected chi connectivity index (χ3v) is 5.71. The number of hydrogen-bond acceptors (Lipinski definition) is 6. The summed E-state index contributed by atoms with van der Waals surface area (Å²) in [4.78, 5) is 26.8. The Bertz CT molecular complexity index is 1170. The van der Waals surface area contributed by atoms with E-state index in [1.165, 1.54) is 12.1 Å². The van der Waals surface area contributed by atoms with Crippen LogP contribution in [0.2, 0.25) is 0 Å². The van der Waals surface area contributed by atoms with Crippen molar-refractivity contribution < 1.29 is 18.0 Å². The van der Waals surface area contributed by atoms with E-state index >= 15 is 0 Å². The first kappa shape index (κ1) is 21.8. The van der Waals surface area contributed by atoms with E-state index in [-0.39, 0.29) is 17.4 Å². The number of benzene rings is 1. The molecule has 3 heterocycles. The Morgan fingerprint density at radius 1 is 1.28 bits per heavy atom. The zero-order valence-electron chi connectivity index (χ0n) is 17.6. The monoisotopic (exact) mass is 444 g/mol. The summed E-state index contributed by atoms with van der Waals surface area (Å²) in [6.45, 7) is 4.52. The summed E-state index contributed by atoms with van der Waals surface area (Å²) in [6.07, 6.45) is -0.630. The number of rotatable bonds is 6. The number of hydrogen-bond donors (Lipinski definition) is 2. The molecule has 1 unspecified atom stereocenters. The molecule has 1 amide bonds. The number of carbonyl (C=O) groups is 1. The molecule has 168 valence electrons. The summed E-state index contributed by atoms with van der Waals surface area (Å²) < 4.78 is 40.8. The highest BCUT2D eigenvalue weighted by atomic mass is 19.3. The van der Waals surface area contributed by atoms with Gasteiger partial charge in [0.05, 0.1) is 29.2 Å². The summed E-state index contributed by atoms with van der Waals surface area (Å²) in [5.41, 5.74) is 5.50. The molecule has 2 aromatic heterocycles. The molecule has 1 aliphatic heterocycles. The second kappa shape index (κ2) is 8.60.